The van der Waals surface area contributed by atoms with Gasteiger partial charge in [0.25, 0.3) is 0 Å². The smallest absolute Gasteiger partial charge is 0.128 e. The van der Waals surface area contributed by atoms with Crippen LogP contribution in [0.5, 0.6) is 0 Å². The van der Waals surface area contributed by atoms with Gasteiger partial charge in [-0.15, -0.1) is 0 Å². The van der Waals surface area contributed by atoms with Crippen LogP contribution >= 0.6 is 0 Å². The Bertz CT molecular complexity index is 389. The van der Waals surface area contributed by atoms with Gasteiger partial charge < -0.3 is 10.2 Å². The Morgan fingerprint density at radius 1 is 1.26 bits per heavy atom. The molecule has 2 aliphatic rings. The zero-order chi connectivity index (χ0) is 13.1. The molecule has 104 valence electrons. The van der Waals surface area contributed by atoms with E-state index in [1.54, 1.807) is 0 Å². The minimum Gasteiger partial charge on any atom is -0.356 e. The number of fused-ring (bicyclic) bond motifs is 1. The van der Waals surface area contributed by atoms with Gasteiger partial charge in [-0.2, -0.15) is 0 Å². The molecular weight excluding hydrogens is 234 g/mol. The zero-order valence-electron chi connectivity index (χ0n) is 11.9. The van der Waals surface area contributed by atoms with Crippen molar-refractivity contribution in [1.29, 1.82) is 0 Å². The Morgan fingerprint density at radius 3 is 2.68 bits per heavy atom. The molecule has 1 saturated carbocycles. The molecule has 1 saturated heterocycles. The van der Waals surface area contributed by atoms with Crippen LogP contribution in [0, 0.1) is 11.8 Å². The Kier molecular flexibility index (Phi) is 4.02. The minimum atomic E-state index is 0.937. The fourth-order valence-corrected chi connectivity index (χ4v) is 3.54. The van der Waals surface area contributed by atoms with Crippen LogP contribution in [-0.4, -0.2) is 24.6 Å². The lowest BCUT2D eigenvalue weighted by Crippen LogP contribution is -2.22. The van der Waals surface area contributed by atoms with E-state index in [0.29, 0.717) is 0 Å². The van der Waals surface area contributed by atoms with Crippen LogP contribution in [0.1, 0.15) is 38.2 Å². The number of anilines is 1. The van der Waals surface area contributed by atoms with Gasteiger partial charge in [0.1, 0.15) is 5.82 Å². The lowest BCUT2D eigenvalue weighted by Gasteiger charge is -2.18. The molecule has 3 nitrogen and oxygen atoms in total. The molecule has 0 radical (unpaired) electrons. The summed E-state index contributed by atoms with van der Waals surface area (Å²) in [4.78, 5) is 7.14. The van der Waals surface area contributed by atoms with Gasteiger partial charge in [0.05, 0.1) is 0 Å². The van der Waals surface area contributed by atoms with Gasteiger partial charge in [-0.05, 0) is 49.3 Å². The normalized spacial score (nSPS) is 25.8. The fourth-order valence-electron chi connectivity index (χ4n) is 3.54. The third-order valence-corrected chi connectivity index (χ3v) is 4.62. The molecule has 2 fully saturated rings. The van der Waals surface area contributed by atoms with Gasteiger partial charge in [0, 0.05) is 25.8 Å². The van der Waals surface area contributed by atoms with Gasteiger partial charge in [-0.3, -0.25) is 0 Å². The van der Waals surface area contributed by atoms with Crippen LogP contribution in [0.25, 0.3) is 0 Å². The van der Waals surface area contributed by atoms with Gasteiger partial charge >= 0.3 is 0 Å². The number of nitrogens with zero attached hydrogens (tertiary/aromatic N) is 2. The first-order valence-electron chi connectivity index (χ1n) is 7.77. The van der Waals surface area contributed by atoms with Crippen molar-refractivity contribution in [3.05, 3.63) is 23.9 Å². The van der Waals surface area contributed by atoms with Crippen LogP contribution in [-0.2, 0) is 6.54 Å². The van der Waals surface area contributed by atoms with Crippen LogP contribution in [0.15, 0.2) is 18.3 Å². The van der Waals surface area contributed by atoms with Gasteiger partial charge in [-0.25, -0.2) is 4.98 Å². The van der Waals surface area contributed by atoms with Crippen molar-refractivity contribution in [2.75, 3.05) is 24.5 Å². The summed E-state index contributed by atoms with van der Waals surface area (Å²) in [6.45, 7) is 6.67. The molecule has 1 aromatic rings. The van der Waals surface area contributed by atoms with E-state index in [1.165, 1.54) is 50.2 Å². The summed E-state index contributed by atoms with van der Waals surface area (Å²) in [5, 5.41) is 3.42. The van der Waals surface area contributed by atoms with E-state index in [0.717, 1.165) is 24.9 Å². The summed E-state index contributed by atoms with van der Waals surface area (Å²) in [6, 6.07) is 4.42. The quantitative estimate of drug-likeness (QED) is 0.824. The number of rotatable bonds is 5. The number of nitrogens with one attached hydrogen (secondary N) is 1. The molecule has 0 aromatic carbocycles. The molecular formula is C16H25N3. The van der Waals surface area contributed by atoms with Crippen molar-refractivity contribution in [1.82, 2.24) is 10.3 Å². The Labute approximate surface area is 116 Å². The first kappa shape index (κ1) is 12.9. The Morgan fingerprint density at radius 2 is 2.05 bits per heavy atom. The third kappa shape index (κ3) is 2.92. The first-order valence-corrected chi connectivity index (χ1v) is 7.77. The maximum Gasteiger partial charge on any atom is 0.128 e. The van der Waals surface area contributed by atoms with Crippen LogP contribution < -0.4 is 10.2 Å². The lowest BCUT2D eigenvalue weighted by atomic mass is 10.0. The lowest BCUT2D eigenvalue weighted by molar-refractivity contribution is 0.494. The largest absolute Gasteiger partial charge is 0.356 e. The van der Waals surface area contributed by atoms with Crippen molar-refractivity contribution in [2.45, 2.75) is 39.2 Å². The highest BCUT2D eigenvalue weighted by Gasteiger charge is 2.36. The highest BCUT2D eigenvalue weighted by Crippen LogP contribution is 2.38. The highest BCUT2D eigenvalue weighted by molar-refractivity contribution is 5.41. The third-order valence-electron chi connectivity index (χ3n) is 4.62. The monoisotopic (exact) mass is 259 g/mol. The van der Waals surface area contributed by atoms with Crippen molar-refractivity contribution < 1.29 is 0 Å². The number of hydrogen-bond acceptors (Lipinski definition) is 3. The van der Waals surface area contributed by atoms with Gasteiger partial charge in [0.15, 0.2) is 0 Å². The van der Waals surface area contributed by atoms with Gasteiger partial charge in [0.2, 0.25) is 0 Å². The Balaban J connectivity index is 1.57. The predicted octanol–water partition coefficient (Wildman–Crippen LogP) is 2.82. The second-order valence-corrected chi connectivity index (χ2v) is 6.06. The molecule has 3 heteroatoms. The van der Waals surface area contributed by atoms with Crippen LogP contribution in [0.2, 0.25) is 0 Å². The molecule has 2 heterocycles. The molecule has 0 spiro atoms. The summed E-state index contributed by atoms with van der Waals surface area (Å²) >= 11 is 0. The number of hydrogen-bond donors (Lipinski definition) is 1. The fraction of sp³-hybridized carbons (Fsp3) is 0.688. The average molecular weight is 259 g/mol. The Hall–Kier alpha value is -1.09. The SMILES string of the molecule is CCCNCc1ccc(N2CC3CCCC3C2)nc1. The molecule has 1 aromatic heterocycles. The minimum absolute atomic E-state index is 0.937. The maximum atomic E-state index is 4.65. The van der Waals surface area contributed by atoms with E-state index in [9.17, 15) is 0 Å². The molecule has 2 unspecified atom stereocenters. The summed E-state index contributed by atoms with van der Waals surface area (Å²) in [6.07, 6.45) is 7.52. The van der Waals surface area contributed by atoms with Gasteiger partial charge in [-0.1, -0.05) is 19.4 Å². The predicted molar refractivity (Wildman–Crippen MR) is 79.3 cm³/mol. The summed E-state index contributed by atoms with van der Waals surface area (Å²) in [5.41, 5.74) is 1.29. The van der Waals surface area contributed by atoms with Crippen LogP contribution in [0.3, 0.4) is 0 Å². The molecule has 3 rings (SSSR count). The number of pyridine rings is 1. The molecule has 2 atom stereocenters. The zero-order valence-corrected chi connectivity index (χ0v) is 11.9. The topological polar surface area (TPSA) is 28.2 Å². The van der Waals surface area contributed by atoms with Crippen molar-refractivity contribution in [2.24, 2.45) is 11.8 Å². The van der Waals surface area contributed by atoms with E-state index < -0.39 is 0 Å². The number of aromatic nitrogens is 1. The van der Waals surface area contributed by atoms with E-state index in [4.69, 9.17) is 0 Å². The first-order chi connectivity index (χ1) is 9.36. The van der Waals surface area contributed by atoms with E-state index in [-0.39, 0.29) is 0 Å². The molecule has 1 N–H and O–H groups in total. The molecule has 0 bridgehead atoms. The summed E-state index contributed by atoms with van der Waals surface area (Å²) < 4.78 is 0. The molecule has 1 aliphatic heterocycles. The maximum absolute atomic E-state index is 4.65. The van der Waals surface area contributed by atoms with Crippen molar-refractivity contribution in [3.8, 4) is 0 Å². The van der Waals surface area contributed by atoms with Crippen LogP contribution in [0.4, 0.5) is 5.82 Å². The van der Waals surface area contributed by atoms with Crippen molar-refractivity contribution in [3.63, 3.8) is 0 Å². The standard InChI is InChI=1S/C16H25N3/c1-2-8-17-9-13-6-7-16(18-10-13)19-11-14-4-3-5-15(14)12-19/h6-7,10,14-15,17H,2-5,8-9,11-12H2,1H3. The molecule has 19 heavy (non-hydrogen) atoms. The van der Waals surface area contributed by atoms with E-state index in [1.807, 2.05) is 6.20 Å². The van der Waals surface area contributed by atoms with E-state index in [2.05, 4.69) is 34.3 Å². The summed E-state index contributed by atoms with van der Waals surface area (Å²) in [7, 11) is 0. The average Bonchev–Trinajstić information content (AvgIpc) is 3.01. The summed E-state index contributed by atoms with van der Waals surface area (Å²) in [5.74, 6) is 3.05. The molecule has 1 aliphatic carbocycles. The van der Waals surface area contributed by atoms with E-state index >= 15 is 0 Å². The second-order valence-electron chi connectivity index (χ2n) is 6.06. The molecule has 0 amide bonds. The highest BCUT2D eigenvalue weighted by atomic mass is 15.2. The van der Waals surface area contributed by atoms with Crippen molar-refractivity contribution >= 4 is 5.82 Å². The second kappa shape index (κ2) is 5.91.